The van der Waals surface area contributed by atoms with Crippen LogP contribution in [0.4, 0.5) is 5.69 Å². The zero-order chi connectivity index (χ0) is 15.4. The fraction of sp³-hybridized carbons (Fsp3) is 0.250. The van der Waals surface area contributed by atoms with E-state index in [0.29, 0.717) is 17.1 Å². The molecule has 0 aliphatic rings. The number of nitro groups is 1. The molecule has 2 N–H and O–H groups in total. The highest BCUT2D eigenvalue weighted by Gasteiger charge is 2.13. The van der Waals surface area contributed by atoms with Crippen molar-refractivity contribution >= 4 is 5.69 Å². The lowest BCUT2D eigenvalue weighted by atomic mass is 10.0. The Morgan fingerprint density at radius 2 is 1.95 bits per heavy atom. The van der Waals surface area contributed by atoms with Gasteiger partial charge < -0.3 is 10.5 Å². The van der Waals surface area contributed by atoms with Crippen LogP contribution < -0.4 is 10.5 Å². The lowest BCUT2D eigenvalue weighted by Gasteiger charge is -2.16. The van der Waals surface area contributed by atoms with Crippen LogP contribution in [-0.4, -0.2) is 4.92 Å². The molecular formula is C16H18N2O3. The van der Waals surface area contributed by atoms with Crippen LogP contribution in [-0.2, 0) is 0 Å². The van der Waals surface area contributed by atoms with Crippen LogP contribution in [0.3, 0.4) is 0 Å². The number of nitrogens with two attached hydrogens (primary N) is 1. The molecule has 2 rings (SSSR count). The Morgan fingerprint density at radius 3 is 2.57 bits per heavy atom. The predicted molar refractivity (Wildman–Crippen MR) is 81.6 cm³/mol. The maximum Gasteiger partial charge on any atom is 0.269 e. The van der Waals surface area contributed by atoms with Crippen LogP contribution in [0.25, 0.3) is 0 Å². The smallest absolute Gasteiger partial charge is 0.269 e. The molecule has 0 aliphatic heterocycles. The van der Waals surface area contributed by atoms with E-state index >= 15 is 0 Å². The zero-order valence-corrected chi connectivity index (χ0v) is 12.1. The van der Waals surface area contributed by atoms with E-state index in [0.717, 1.165) is 12.0 Å². The van der Waals surface area contributed by atoms with Crippen LogP contribution in [0.1, 0.15) is 30.5 Å². The van der Waals surface area contributed by atoms with Gasteiger partial charge in [0.15, 0.2) is 0 Å². The van der Waals surface area contributed by atoms with Gasteiger partial charge in [0, 0.05) is 23.7 Å². The van der Waals surface area contributed by atoms with Gasteiger partial charge in [0.25, 0.3) is 5.69 Å². The summed E-state index contributed by atoms with van der Waals surface area (Å²) in [6.45, 7) is 3.79. The third-order valence-electron chi connectivity index (χ3n) is 3.35. The molecule has 0 heterocycles. The Bertz CT molecular complexity index is 656. The van der Waals surface area contributed by atoms with E-state index in [1.54, 1.807) is 13.0 Å². The number of ether oxygens (including phenoxy) is 1. The van der Waals surface area contributed by atoms with Gasteiger partial charge in [0.05, 0.1) is 4.92 Å². The first-order valence-corrected chi connectivity index (χ1v) is 6.80. The average Bonchev–Trinajstić information content (AvgIpc) is 2.49. The van der Waals surface area contributed by atoms with E-state index in [4.69, 9.17) is 10.5 Å². The molecule has 0 saturated carbocycles. The van der Waals surface area contributed by atoms with E-state index < -0.39 is 4.92 Å². The molecule has 1 unspecified atom stereocenters. The first-order chi connectivity index (χ1) is 10.0. The van der Waals surface area contributed by atoms with E-state index in [9.17, 15) is 10.1 Å². The molecule has 0 bridgehead atoms. The summed E-state index contributed by atoms with van der Waals surface area (Å²) in [5, 5.41) is 10.8. The summed E-state index contributed by atoms with van der Waals surface area (Å²) in [6.07, 6.45) is 0.805. The lowest BCUT2D eigenvalue weighted by molar-refractivity contribution is -0.384. The molecule has 0 spiro atoms. The topological polar surface area (TPSA) is 78.4 Å². The van der Waals surface area contributed by atoms with Crippen molar-refractivity contribution in [3.05, 3.63) is 63.7 Å². The average molecular weight is 286 g/mol. The van der Waals surface area contributed by atoms with Gasteiger partial charge in [-0.15, -0.1) is 0 Å². The van der Waals surface area contributed by atoms with Gasteiger partial charge in [0.2, 0.25) is 0 Å². The van der Waals surface area contributed by atoms with Crippen molar-refractivity contribution in [2.75, 3.05) is 0 Å². The highest BCUT2D eigenvalue weighted by atomic mass is 16.6. The number of hydrogen-bond donors (Lipinski definition) is 1. The molecule has 5 heteroatoms. The highest BCUT2D eigenvalue weighted by Crippen LogP contribution is 2.32. The summed E-state index contributed by atoms with van der Waals surface area (Å²) < 4.78 is 5.90. The second-order valence-corrected chi connectivity index (χ2v) is 4.86. The standard InChI is InChI=1S/C16H18N2O3/c1-3-14(17)13-6-4-5-7-16(13)21-15-9-8-12(18(19)20)10-11(15)2/h4-10,14H,3,17H2,1-2H3. The minimum absolute atomic E-state index is 0.0541. The van der Waals surface area contributed by atoms with E-state index in [1.165, 1.54) is 12.1 Å². The van der Waals surface area contributed by atoms with Crippen molar-refractivity contribution in [2.45, 2.75) is 26.3 Å². The van der Waals surface area contributed by atoms with Gasteiger partial charge in [-0.2, -0.15) is 0 Å². The highest BCUT2D eigenvalue weighted by molar-refractivity contribution is 5.46. The Kier molecular flexibility index (Phi) is 4.55. The fourth-order valence-electron chi connectivity index (χ4n) is 2.08. The molecule has 0 fully saturated rings. The number of aryl methyl sites for hydroxylation is 1. The van der Waals surface area contributed by atoms with Crippen LogP contribution in [0.5, 0.6) is 11.5 Å². The number of rotatable bonds is 5. The number of benzene rings is 2. The first kappa shape index (κ1) is 15.0. The minimum Gasteiger partial charge on any atom is -0.457 e. The summed E-state index contributed by atoms with van der Waals surface area (Å²) in [5.74, 6) is 1.28. The number of nitro benzene ring substituents is 1. The van der Waals surface area contributed by atoms with Crippen LogP contribution in [0, 0.1) is 17.0 Å². The number of nitrogens with zero attached hydrogens (tertiary/aromatic N) is 1. The van der Waals surface area contributed by atoms with E-state index in [2.05, 4.69) is 0 Å². The molecular weight excluding hydrogens is 268 g/mol. The largest absolute Gasteiger partial charge is 0.457 e. The molecule has 2 aromatic rings. The molecule has 2 aromatic carbocycles. The Morgan fingerprint density at radius 1 is 1.24 bits per heavy atom. The van der Waals surface area contributed by atoms with Gasteiger partial charge >= 0.3 is 0 Å². The molecule has 0 saturated heterocycles. The Hall–Kier alpha value is -2.40. The maximum absolute atomic E-state index is 10.8. The Balaban J connectivity index is 2.33. The number of para-hydroxylation sites is 1. The van der Waals surface area contributed by atoms with Crippen molar-refractivity contribution in [1.82, 2.24) is 0 Å². The maximum atomic E-state index is 10.8. The van der Waals surface area contributed by atoms with Crippen molar-refractivity contribution < 1.29 is 9.66 Å². The Labute approximate surface area is 123 Å². The van der Waals surface area contributed by atoms with Gasteiger partial charge in [-0.3, -0.25) is 10.1 Å². The molecule has 0 radical (unpaired) electrons. The quantitative estimate of drug-likeness (QED) is 0.662. The van der Waals surface area contributed by atoms with Crippen LogP contribution >= 0.6 is 0 Å². The molecule has 0 aliphatic carbocycles. The van der Waals surface area contributed by atoms with Crippen molar-refractivity contribution in [1.29, 1.82) is 0 Å². The van der Waals surface area contributed by atoms with E-state index in [1.807, 2.05) is 31.2 Å². The fourth-order valence-corrected chi connectivity index (χ4v) is 2.08. The van der Waals surface area contributed by atoms with Crippen molar-refractivity contribution in [3.8, 4) is 11.5 Å². The second kappa shape index (κ2) is 6.37. The summed E-state index contributed by atoms with van der Waals surface area (Å²) in [5.41, 5.74) is 7.78. The normalized spacial score (nSPS) is 12.0. The third-order valence-corrected chi connectivity index (χ3v) is 3.35. The molecule has 0 aromatic heterocycles. The minimum atomic E-state index is -0.419. The summed E-state index contributed by atoms with van der Waals surface area (Å²) in [6, 6.07) is 12.0. The van der Waals surface area contributed by atoms with E-state index in [-0.39, 0.29) is 11.7 Å². The first-order valence-electron chi connectivity index (χ1n) is 6.80. The monoisotopic (exact) mass is 286 g/mol. The summed E-state index contributed by atoms with van der Waals surface area (Å²) in [4.78, 5) is 10.3. The van der Waals surface area contributed by atoms with Crippen molar-refractivity contribution in [2.24, 2.45) is 5.73 Å². The van der Waals surface area contributed by atoms with Crippen LogP contribution in [0.2, 0.25) is 0 Å². The third kappa shape index (κ3) is 3.38. The van der Waals surface area contributed by atoms with Crippen molar-refractivity contribution in [3.63, 3.8) is 0 Å². The lowest BCUT2D eigenvalue weighted by Crippen LogP contribution is -2.09. The molecule has 21 heavy (non-hydrogen) atoms. The summed E-state index contributed by atoms with van der Waals surface area (Å²) in [7, 11) is 0. The van der Waals surface area contributed by atoms with Gasteiger partial charge in [0.1, 0.15) is 11.5 Å². The molecule has 0 amide bonds. The SMILES string of the molecule is CCC(N)c1ccccc1Oc1ccc([N+](=O)[O-])cc1C. The summed E-state index contributed by atoms with van der Waals surface area (Å²) >= 11 is 0. The molecule has 110 valence electrons. The molecule has 5 nitrogen and oxygen atoms in total. The number of hydrogen-bond acceptors (Lipinski definition) is 4. The molecule has 1 atom stereocenters. The zero-order valence-electron chi connectivity index (χ0n) is 12.1. The predicted octanol–water partition coefficient (Wildman–Crippen LogP) is 4.11. The van der Waals surface area contributed by atoms with Gasteiger partial charge in [-0.05, 0) is 31.0 Å². The number of non-ortho nitro benzene ring substituents is 1. The van der Waals surface area contributed by atoms with Crippen LogP contribution in [0.15, 0.2) is 42.5 Å². The second-order valence-electron chi connectivity index (χ2n) is 4.86. The van der Waals surface area contributed by atoms with Gasteiger partial charge in [-0.25, -0.2) is 0 Å². The van der Waals surface area contributed by atoms with Gasteiger partial charge in [-0.1, -0.05) is 25.1 Å².